The van der Waals surface area contributed by atoms with Crippen molar-refractivity contribution in [3.8, 4) is 0 Å². The van der Waals surface area contributed by atoms with E-state index in [9.17, 15) is 4.79 Å². The van der Waals surface area contributed by atoms with E-state index >= 15 is 0 Å². The van der Waals surface area contributed by atoms with E-state index in [2.05, 4.69) is 28.7 Å². The summed E-state index contributed by atoms with van der Waals surface area (Å²) in [5.41, 5.74) is 1.06. The quantitative estimate of drug-likeness (QED) is 0.876. The number of nitrogens with zero attached hydrogens (tertiary/aromatic N) is 2. The summed E-state index contributed by atoms with van der Waals surface area (Å²) in [5.74, 6) is 0.846. The lowest BCUT2D eigenvalue weighted by Gasteiger charge is -2.33. The highest BCUT2D eigenvalue weighted by molar-refractivity contribution is 5.83. The van der Waals surface area contributed by atoms with Crippen LogP contribution in [0.3, 0.4) is 0 Å². The lowest BCUT2D eigenvalue weighted by molar-refractivity contribution is -0.125. The second kappa shape index (κ2) is 8.30. The minimum absolute atomic E-state index is 0.0355. The Morgan fingerprint density at radius 3 is 2.88 bits per heavy atom. The van der Waals surface area contributed by atoms with E-state index in [0.717, 1.165) is 37.2 Å². The standard InChI is InChI=1S/C20H27N3O2/c1-3-16(15-9-6-5-7-10-15)20(24)22-17-11-8-14-25-18(17)19-21-12-13-23(19)4-2/h5-7,9-10,12-13,16-18H,3-4,8,11,14H2,1-2H3,(H,22,24)/t16-,17-,18-/m0/s1. The Labute approximate surface area is 149 Å². The van der Waals surface area contributed by atoms with Gasteiger partial charge in [0.05, 0.1) is 12.0 Å². The molecule has 1 aliphatic heterocycles. The third-order valence-electron chi connectivity index (χ3n) is 4.92. The number of carbonyl (C=O) groups excluding carboxylic acids is 1. The van der Waals surface area contributed by atoms with Crippen molar-refractivity contribution in [1.82, 2.24) is 14.9 Å². The van der Waals surface area contributed by atoms with Crippen molar-refractivity contribution in [2.75, 3.05) is 6.61 Å². The Hall–Kier alpha value is -2.14. The summed E-state index contributed by atoms with van der Waals surface area (Å²) in [6.45, 7) is 5.70. The van der Waals surface area contributed by atoms with Gasteiger partial charge in [-0.3, -0.25) is 4.79 Å². The maximum absolute atomic E-state index is 12.9. The third kappa shape index (κ3) is 3.93. The molecular formula is C20H27N3O2. The number of aromatic nitrogens is 2. The van der Waals surface area contributed by atoms with Gasteiger partial charge >= 0.3 is 0 Å². The molecular weight excluding hydrogens is 314 g/mol. The lowest BCUT2D eigenvalue weighted by atomic mass is 9.94. The van der Waals surface area contributed by atoms with Gasteiger partial charge in [-0.05, 0) is 31.7 Å². The van der Waals surface area contributed by atoms with Crippen LogP contribution in [0.2, 0.25) is 0 Å². The van der Waals surface area contributed by atoms with Gasteiger partial charge in [-0.1, -0.05) is 37.3 Å². The molecule has 25 heavy (non-hydrogen) atoms. The van der Waals surface area contributed by atoms with E-state index in [-0.39, 0.29) is 24.0 Å². The van der Waals surface area contributed by atoms with Crippen LogP contribution in [-0.2, 0) is 16.1 Å². The molecule has 2 heterocycles. The number of hydrogen-bond donors (Lipinski definition) is 1. The summed E-state index contributed by atoms with van der Waals surface area (Å²) in [7, 11) is 0. The summed E-state index contributed by atoms with van der Waals surface area (Å²) in [6.07, 6.45) is 6.23. The average Bonchev–Trinajstić information content (AvgIpc) is 3.12. The van der Waals surface area contributed by atoms with Gasteiger partial charge in [-0.2, -0.15) is 0 Å². The number of aryl methyl sites for hydroxylation is 1. The molecule has 0 bridgehead atoms. The van der Waals surface area contributed by atoms with Crippen LogP contribution >= 0.6 is 0 Å². The fourth-order valence-corrected chi connectivity index (χ4v) is 3.57. The first-order valence-electron chi connectivity index (χ1n) is 9.22. The fourth-order valence-electron chi connectivity index (χ4n) is 3.57. The summed E-state index contributed by atoms with van der Waals surface area (Å²) in [5, 5.41) is 3.24. The van der Waals surface area contributed by atoms with E-state index in [1.807, 2.05) is 36.5 Å². The monoisotopic (exact) mass is 341 g/mol. The molecule has 1 aliphatic rings. The first-order chi connectivity index (χ1) is 12.2. The molecule has 134 valence electrons. The second-order valence-electron chi connectivity index (χ2n) is 6.49. The average molecular weight is 341 g/mol. The Bertz CT molecular complexity index is 683. The van der Waals surface area contributed by atoms with Crippen LogP contribution < -0.4 is 5.32 Å². The molecule has 1 amide bonds. The zero-order valence-electron chi connectivity index (χ0n) is 15.0. The molecule has 5 heteroatoms. The van der Waals surface area contributed by atoms with Gasteiger partial charge in [0.25, 0.3) is 0 Å². The van der Waals surface area contributed by atoms with E-state index in [0.29, 0.717) is 6.61 Å². The highest BCUT2D eigenvalue weighted by Gasteiger charge is 2.33. The van der Waals surface area contributed by atoms with Crippen LogP contribution in [0.5, 0.6) is 0 Å². The van der Waals surface area contributed by atoms with Crippen molar-refractivity contribution >= 4 is 5.91 Å². The first-order valence-corrected chi connectivity index (χ1v) is 9.22. The maximum atomic E-state index is 12.9. The zero-order chi connectivity index (χ0) is 17.6. The smallest absolute Gasteiger partial charge is 0.227 e. The number of carbonyl (C=O) groups is 1. The summed E-state index contributed by atoms with van der Waals surface area (Å²) >= 11 is 0. The first kappa shape index (κ1) is 17.7. The normalized spacial score (nSPS) is 21.7. The molecule has 3 rings (SSSR count). The van der Waals surface area contributed by atoms with Crippen LogP contribution in [0.15, 0.2) is 42.7 Å². The number of benzene rings is 1. The highest BCUT2D eigenvalue weighted by atomic mass is 16.5. The zero-order valence-corrected chi connectivity index (χ0v) is 15.0. The predicted molar refractivity (Wildman–Crippen MR) is 97.2 cm³/mol. The minimum Gasteiger partial charge on any atom is -0.368 e. The molecule has 0 aliphatic carbocycles. The van der Waals surface area contributed by atoms with Crippen LogP contribution in [0.25, 0.3) is 0 Å². The van der Waals surface area contributed by atoms with Crippen LogP contribution in [0, 0.1) is 0 Å². The SMILES string of the molecule is CC[C@H](C(=O)N[C@H]1CCCO[C@@H]1c1nccn1CC)c1ccccc1. The molecule has 0 unspecified atom stereocenters. The van der Waals surface area contributed by atoms with Crippen LogP contribution in [0.1, 0.15) is 56.5 Å². The van der Waals surface area contributed by atoms with Crippen molar-refractivity contribution in [3.05, 3.63) is 54.1 Å². The van der Waals surface area contributed by atoms with Gasteiger partial charge in [-0.15, -0.1) is 0 Å². The van der Waals surface area contributed by atoms with Crippen molar-refractivity contribution in [2.24, 2.45) is 0 Å². The summed E-state index contributed by atoms with van der Waals surface area (Å²) in [4.78, 5) is 17.4. The van der Waals surface area contributed by atoms with Crippen LogP contribution in [-0.4, -0.2) is 28.1 Å². The Morgan fingerprint density at radius 2 is 2.16 bits per heavy atom. The van der Waals surface area contributed by atoms with Gasteiger partial charge in [0.2, 0.25) is 5.91 Å². The number of amides is 1. The lowest BCUT2D eigenvalue weighted by Crippen LogP contribution is -2.45. The minimum atomic E-state index is -0.180. The number of ether oxygens (including phenoxy) is 1. The Kier molecular flexibility index (Phi) is 5.87. The van der Waals surface area contributed by atoms with Crippen molar-refractivity contribution in [1.29, 1.82) is 0 Å². The highest BCUT2D eigenvalue weighted by Crippen LogP contribution is 2.29. The van der Waals surface area contributed by atoms with Gasteiger partial charge in [0.15, 0.2) is 0 Å². The molecule has 0 saturated carbocycles. The maximum Gasteiger partial charge on any atom is 0.227 e. The number of imidazole rings is 1. The molecule has 1 aromatic heterocycles. The van der Waals surface area contributed by atoms with Gasteiger partial charge in [-0.25, -0.2) is 4.98 Å². The molecule has 3 atom stereocenters. The molecule has 0 radical (unpaired) electrons. The number of hydrogen-bond acceptors (Lipinski definition) is 3. The van der Waals surface area contributed by atoms with Gasteiger partial charge < -0.3 is 14.6 Å². The Morgan fingerprint density at radius 1 is 1.36 bits per heavy atom. The van der Waals surface area contributed by atoms with Crippen molar-refractivity contribution < 1.29 is 9.53 Å². The largest absolute Gasteiger partial charge is 0.368 e. The van der Waals surface area contributed by atoms with Gasteiger partial charge in [0, 0.05) is 25.5 Å². The van der Waals surface area contributed by atoms with Crippen molar-refractivity contribution in [3.63, 3.8) is 0 Å². The molecule has 0 spiro atoms. The third-order valence-corrected chi connectivity index (χ3v) is 4.92. The molecule has 1 fully saturated rings. The summed E-state index contributed by atoms with van der Waals surface area (Å²) in [6, 6.07) is 9.94. The molecule has 1 saturated heterocycles. The van der Waals surface area contributed by atoms with E-state index in [4.69, 9.17) is 4.74 Å². The van der Waals surface area contributed by atoms with E-state index in [1.54, 1.807) is 6.20 Å². The predicted octanol–water partition coefficient (Wildman–Crippen LogP) is 3.43. The Balaban J connectivity index is 1.76. The molecule has 2 aromatic rings. The second-order valence-corrected chi connectivity index (χ2v) is 6.49. The van der Waals surface area contributed by atoms with E-state index < -0.39 is 0 Å². The van der Waals surface area contributed by atoms with Gasteiger partial charge in [0.1, 0.15) is 11.9 Å². The number of rotatable bonds is 6. The fraction of sp³-hybridized carbons (Fsp3) is 0.500. The topological polar surface area (TPSA) is 56.1 Å². The molecule has 1 aromatic carbocycles. The van der Waals surface area contributed by atoms with E-state index in [1.165, 1.54) is 0 Å². The van der Waals surface area contributed by atoms with Crippen LogP contribution in [0.4, 0.5) is 0 Å². The molecule has 5 nitrogen and oxygen atoms in total. The van der Waals surface area contributed by atoms with Crippen molar-refractivity contribution in [2.45, 2.75) is 57.7 Å². The molecule has 1 N–H and O–H groups in total. The summed E-state index contributed by atoms with van der Waals surface area (Å²) < 4.78 is 8.09. The number of nitrogens with one attached hydrogen (secondary N) is 1.